The summed E-state index contributed by atoms with van der Waals surface area (Å²) < 4.78 is 19.7. The van der Waals surface area contributed by atoms with E-state index in [-0.39, 0.29) is 29.9 Å². The minimum absolute atomic E-state index is 0.133. The third kappa shape index (κ3) is 4.05. The van der Waals surface area contributed by atoms with Gasteiger partial charge in [0.05, 0.1) is 6.04 Å². The Morgan fingerprint density at radius 3 is 2.91 bits per heavy atom. The highest BCUT2D eigenvalue weighted by atomic mass is 32.2. The van der Waals surface area contributed by atoms with E-state index in [0.717, 1.165) is 52.9 Å². The van der Waals surface area contributed by atoms with Crippen LogP contribution in [0.25, 0.3) is 10.9 Å². The van der Waals surface area contributed by atoms with Crippen LogP contribution in [0.5, 0.6) is 5.75 Å². The molecule has 1 amide bonds. The van der Waals surface area contributed by atoms with Crippen LogP contribution in [0.3, 0.4) is 0 Å². The minimum Gasteiger partial charge on any atom is -0.502 e. The molecule has 6 nitrogen and oxygen atoms in total. The number of benzene rings is 1. The summed E-state index contributed by atoms with van der Waals surface area (Å²) in [6.07, 6.45) is 3.96. The van der Waals surface area contributed by atoms with Crippen LogP contribution in [0, 0.1) is 12.7 Å². The molecule has 3 N–H and O–H groups in total. The van der Waals surface area contributed by atoms with E-state index in [1.807, 2.05) is 0 Å². The first-order chi connectivity index (χ1) is 15.9. The fourth-order valence-electron chi connectivity index (χ4n) is 5.34. The van der Waals surface area contributed by atoms with Gasteiger partial charge in [-0.25, -0.2) is 4.39 Å². The molecule has 3 aromatic rings. The molecule has 2 aromatic heterocycles. The Kier molecular flexibility index (Phi) is 5.72. The number of rotatable bonds is 4. The van der Waals surface area contributed by atoms with E-state index in [4.69, 9.17) is 4.42 Å². The summed E-state index contributed by atoms with van der Waals surface area (Å²) >= 11 is 1.79. The van der Waals surface area contributed by atoms with Gasteiger partial charge in [0.15, 0.2) is 5.76 Å². The summed E-state index contributed by atoms with van der Waals surface area (Å²) in [5.74, 6) is 1.50. The van der Waals surface area contributed by atoms with Crippen LogP contribution in [0.2, 0.25) is 0 Å². The first kappa shape index (κ1) is 22.1. The van der Waals surface area contributed by atoms with Crippen molar-refractivity contribution in [1.82, 2.24) is 10.3 Å². The van der Waals surface area contributed by atoms with E-state index in [1.165, 1.54) is 12.1 Å². The zero-order valence-corrected chi connectivity index (χ0v) is 19.3. The molecule has 1 atom stereocenters. The first-order valence-electron chi connectivity index (χ1n) is 11.4. The van der Waals surface area contributed by atoms with Gasteiger partial charge in [-0.2, -0.15) is 11.8 Å². The predicted molar refractivity (Wildman–Crippen MR) is 126 cm³/mol. The standard InChI is InChI=1S/C25H27FN2O4S/c1-14-11-20(29)23(31)24(32-14)25(7-9-33-10-8-25)13-21(30)27-19-4-2-3-16-17-12-15(26)5-6-18(17)28-22(16)19/h5-6,11-12,19,28,31H,2-4,7-10,13H2,1H3,(H,27,30). The SMILES string of the molecule is Cc1cc(=O)c(O)c(C2(CC(=O)NC3CCCc4c3[nH]c3ccc(F)cc43)CCSCC2)o1. The molecule has 2 aliphatic rings. The molecule has 8 heteroatoms. The number of aromatic amines is 1. The molecule has 3 heterocycles. The van der Waals surface area contributed by atoms with Gasteiger partial charge in [-0.3, -0.25) is 9.59 Å². The quantitative estimate of drug-likeness (QED) is 0.517. The molecule has 5 rings (SSSR count). The Labute approximate surface area is 195 Å². The maximum atomic E-state index is 13.8. The number of hydrogen-bond acceptors (Lipinski definition) is 5. The number of amides is 1. The summed E-state index contributed by atoms with van der Waals surface area (Å²) in [7, 11) is 0. The van der Waals surface area contributed by atoms with Crippen molar-refractivity contribution in [3.63, 3.8) is 0 Å². The highest BCUT2D eigenvalue weighted by molar-refractivity contribution is 7.99. The van der Waals surface area contributed by atoms with Gasteiger partial charge < -0.3 is 19.8 Å². The van der Waals surface area contributed by atoms with E-state index in [1.54, 1.807) is 30.8 Å². The fourth-order valence-corrected chi connectivity index (χ4v) is 6.62. The molecule has 174 valence electrons. The number of nitrogens with one attached hydrogen (secondary N) is 2. The number of aryl methyl sites for hydroxylation is 2. The van der Waals surface area contributed by atoms with Crippen LogP contribution in [0.1, 0.15) is 60.9 Å². The number of carbonyl (C=O) groups is 1. The summed E-state index contributed by atoms with van der Waals surface area (Å²) in [4.78, 5) is 29.0. The summed E-state index contributed by atoms with van der Waals surface area (Å²) in [5.41, 5.74) is 1.68. The van der Waals surface area contributed by atoms with Gasteiger partial charge in [-0.1, -0.05) is 0 Å². The van der Waals surface area contributed by atoms with Crippen LogP contribution in [-0.4, -0.2) is 27.5 Å². The number of thioether (sulfide) groups is 1. The molecule has 1 aliphatic carbocycles. The second kappa shape index (κ2) is 8.56. The lowest BCUT2D eigenvalue weighted by Gasteiger charge is -2.36. The van der Waals surface area contributed by atoms with Crippen molar-refractivity contribution >= 4 is 28.6 Å². The molecule has 1 fully saturated rings. The molecule has 1 unspecified atom stereocenters. The maximum absolute atomic E-state index is 13.8. The lowest BCUT2D eigenvalue weighted by Crippen LogP contribution is -2.40. The van der Waals surface area contributed by atoms with Crippen LogP contribution < -0.4 is 10.7 Å². The molecule has 0 spiro atoms. The molecule has 0 saturated carbocycles. The van der Waals surface area contributed by atoms with Crippen molar-refractivity contribution in [2.45, 2.75) is 56.9 Å². The zero-order chi connectivity index (χ0) is 23.2. The summed E-state index contributed by atoms with van der Waals surface area (Å²) in [6.45, 7) is 1.68. The average Bonchev–Trinajstić information content (AvgIpc) is 3.15. The lowest BCUT2D eigenvalue weighted by molar-refractivity contribution is -0.123. The molecule has 0 radical (unpaired) electrons. The van der Waals surface area contributed by atoms with Gasteiger partial charge in [0.2, 0.25) is 17.1 Å². The molecular formula is C25H27FN2O4S. The van der Waals surface area contributed by atoms with Gasteiger partial charge in [-0.05, 0) is 74.3 Å². The topological polar surface area (TPSA) is 95.3 Å². The highest BCUT2D eigenvalue weighted by Gasteiger charge is 2.42. The number of hydrogen-bond donors (Lipinski definition) is 3. The van der Waals surface area contributed by atoms with Crippen LogP contribution in [0.4, 0.5) is 4.39 Å². The number of halogens is 1. The van der Waals surface area contributed by atoms with Crippen molar-refractivity contribution in [3.05, 3.63) is 63.1 Å². The summed E-state index contributed by atoms with van der Waals surface area (Å²) in [5, 5.41) is 14.6. The Balaban J connectivity index is 1.43. The number of aromatic nitrogens is 1. The van der Waals surface area contributed by atoms with E-state index in [2.05, 4.69) is 10.3 Å². The number of carbonyl (C=O) groups excluding carboxylic acids is 1. The molecule has 1 aromatic carbocycles. The Bertz CT molecular complexity index is 1280. The van der Waals surface area contributed by atoms with Crippen molar-refractivity contribution in [1.29, 1.82) is 0 Å². The van der Waals surface area contributed by atoms with Crippen molar-refractivity contribution in [2.75, 3.05) is 11.5 Å². The van der Waals surface area contributed by atoms with E-state index >= 15 is 0 Å². The molecule has 1 saturated heterocycles. The van der Waals surface area contributed by atoms with Gasteiger partial charge in [0.1, 0.15) is 11.6 Å². The fraction of sp³-hybridized carbons (Fsp3) is 0.440. The minimum atomic E-state index is -0.717. The van der Waals surface area contributed by atoms with Gasteiger partial charge >= 0.3 is 0 Å². The maximum Gasteiger partial charge on any atom is 0.227 e. The lowest BCUT2D eigenvalue weighted by atomic mass is 9.75. The van der Waals surface area contributed by atoms with Crippen molar-refractivity contribution in [3.8, 4) is 5.75 Å². The van der Waals surface area contributed by atoms with E-state index in [9.17, 15) is 19.1 Å². The van der Waals surface area contributed by atoms with Crippen LogP contribution >= 0.6 is 11.8 Å². The van der Waals surface area contributed by atoms with Crippen LogP contribution in [-0.2, 0) is 16.6 Å². The molecular weight excluding hydrogens is 443 g/mol. The normalized spacial score (nSPS) is 19.9. The largest absolute Gasteiger partial charge is 0.502 e. The van der Waals surface area contributed by atoms with Crippen molar-refractivity contribution in [2.24, 2.45) is 0 Å². The third-order valence-electron chi connectivity index (χ3n) is 6.98. The Hall–Kier alpha value is -2.74. The van der Waals surface area contributed by atoms with E-state index < -0.39 is 16.6 Å². The van der Waals surface area contributed by atoms with Gasteiger partial charge in [-0.15, -0.1) is 0 Å². The molecule has 1 aliphatic heterocycles. The molecule has 33 heavy (non-hydrogen) atoms. The number of aromatic hydroxyl groups is 1. The third-order valence-corrected chi connectivity index (χ3v) is 7.97. The summed E-state index contributed by atoms with van der Waals surface area (Å²) in [6, 6.07) is 5.80. The van der Waals surface area contributed by atoms with Crippen LogP contribution in [0.15, 0.2) is 33.5 Å². The Morgan fingerprint density at radius 2 is 2.12 bits per heavy atom. The monoisotopic (exact) mass is 470 g/mol. The second-order valence-electron chi connectivity index (χ2n) is 9.19. The predicted octanol–water partition coefficient (Wildman–Crippen LogP) is 4.62. The van der Waals surface area contributed by atoms with Gasteiger partial charge in [0.25, 0.3) is 0 Å². The van der Waals surface area contributed by atoms with Crippen molar-refractivity contribution < 1.29 is 18.7 Å². The van der Waals surface area contributed by atoms with Gasteiger partial charge in [0, 0.05) is 34.5 Å². The zero-order valence-electron chi connectivity index (χ0n) is 18.5. The first-order valence-corrected chi connectivity index (χ1v) is 12.5. The number of H-pyrrole nitrogens is 1. The molecule has 0 bridgehead atoms. The second-order valence-corrected chi connectivity index (χ2v) is 10.4. The van der Waals surface area contributed by atoms with E-state index in [0.29, 0.717) is 18.6 Å². The number of fused-ring (bicyclic) bond motifs is 3. The highest BCUT2D eigenvalue weighted by Crippen LogP contribution is 2.44. The Morgan fingerprint density at radius 1 is 1.33 bits per heavy atom. The average molecular weight is 471 g/mol. The smallest absolute Gasteiger partial charge is 0.227 e.